The molecule has 1 aliphatic rings. The maximum Gasteiger partial charge on any atom is 0.184 e. The van der Waals surface area contributed by atoms with Gasteiger partial charge in [-0.15, -0.1) is 5.10 Å². The minimum Gasteiger partial charge on any atom is -0.398 e. The minimum absolute atomic E-state index is 0.176. The Bertz CT molecular complexity index is 649. The number of benzene rings is 1. The van der Waals surface area contributed by atoms with Crippen LogP contribution >= 0.6 is 11.6 Å². The van der Waals surface area contributed by atoms with E-state index in [1.807, 2.05) is 10.7 Å². The van der Waals surface area contributed by atoms with Gasteiger partial charge in [0.05, 0.1) is 6.04 Å². The van der Waals surface area contributed by atoms with Crippen molar-refractivity contribution in [1.29, 1.82) is 0 Å². The Morgan fingerprint density at radius 2 is 2.14 bits per heavy atom. The SMILES string of the molecule is CC1(C)CCCCC1n1nnnc1-c1cc(Cl)ccc1N. The molecule has 6 heteroatoms. The van der Waals surface area contributed by atoms with Crippen molar-refractivity contribution in [3.63, 3.8) is 0 Å². The van der Waals surface area contributed by atoms with Gasteiger partial charge in [0.2, 0.25) is 0 Å². The van der Waals surface area contributed by atoms with Crippen molar-refractivity contribution >= 4 is 17.3 Å². The van der Waals surface area contributed by atoms with Gasteiger partial charge >= 0.3 is 0 Å². The molecule has 1 aromatic carbocycles. The van der Waals surface area contributed by atoms with Crippen LogP contribution in [-0.4, -0.2) is 20.2 Å². The van der Waals surface area contributed by atoms with Gasteiger partial charge in [-0.3, -0.25) is 0 Å². The number of rotatable bonds is 2. The van der Waals surface area contributed by atoms with E-state index in [1.54, 1.807) is 12.1 Å². The molecule has 1 aromatic heterocycles. The lowest BCUT2D eigenvalue weighted by Crippen LogP contribution is -2.31. The summed E-state index contributed by atoms with van der Waals surface area (Å²) in [6.07, 6.45) is 4.74. The molecule has 0 bridgehead atoms. The Kier molecular flexibility index (Phi) is 3.61. The van der Waals surface area contributed by atoms with E-state index in [1.165, 1.54) is 19.3 Å². The molecular weight excluding hydrogens is 286 g/mol. The van der Waals surface area contributed by atoms with Crippen LogP contribution in [0.1, 0.15) is 45.6 Å². The fourth-order valence-corrected chi connectivity index (χ4v) is 3.40. The summed E-state index contributed by atoms with van der Waals surface area (Å²) >= 11 is 6.09. The summed E-state index contributed by atoms with van der Waals surface area (Å²) in [5.74, 6) is 0.704. The van der Waals surface area contributed by atoms with E-state index in [9.17, 15) is 0 Å². The number of halogens is 1. The van der Waals surface area contributed by atoms with E-state index >= 15 is 0 Å². The highest BCUT2D eigenvalue weighted by molar-refractivity contribution is 6.31. The number of tetrazole rings is 1. The molecule has 1 aliphatic carbocycles. The van der Waals surface area contributed by atoms with Crippen molar-refractivity contribution in [2.24, 2.45) is 5.41 Å². The Labute approximate surface area is 129 Å². The van der Waals surface area contributed by atoms with Gasteiger partial charge in [0, 0.05) is 16.3 Å². The van der Waals surface area contributed by atoms with E-state index in [2.05, 4.69) is 29.4 Å². The molecule has 21 heavy (non-hydrogen) atoms. The molecular formula is C15H20ClN5. The largest absolute Gasteiger partial charge is 0.398 e. The predicted molar refractivity (Wildman–Crippen MR) is 84.0 cm³/mol. The number of hydrogen-bond acceptors (Lipinski definition) is 4. The Hall–Kier alpha value is -1.62. The minimum atomic E-state index is 0.176. The Morgan fingerprint density at radius 1 is 1.33 bits per heavy atom. The molecule has 1 fully saturated rings. The molecule has 5 nitrogen and oxygen atoms in total. The second-order valence-corrected chi connectivity index (χ2v) is 6.87. The van der Waals surface area contributed by atoms with Crippen LogP contribution < -0.4 is 5.73 Å². The van der Waals surface area contributed by atoms with Gasteiger partial charge in [-0.1, -0.05) is 38.3 Å². The van der Waals surface area contributed by atoms with Crippen LogP contribution in [0, 0.1) is 5.41 Å². The topological polar surface area (TPSA) is 69.6 Å². The van der Waals surface area contributed by atoms with E-state index < -0.39 is 0 Å². The molecule has 1 heterocycles. The number of anilines is 1. The maximum atomic E-state index is 6.09. The first-order chi connectivity index (χ1) is 9.99. The van der Waals surface area contributed by atoms with Crippen LogP contribution in [0.4, 0.5) is 5.69 Å². The highest BCUT2D eigenvalue weighted by atomic mass is 35.5. The average molecular weight is 306 g/mol. The lowest BCUT2D eigenvalue weighted by Gasteiger charge is -2.38. The van der Waals surface area contributed by atoms with Crippen LogP contribution in [0.3, 0.4) is 0 Å². The van der Waals surface area contributed by atoms with Crippen molar-refractivity contribution in [2.45, 2.75) is 45.6 Å². The second kappa shape index (κ2) is 5.30. The van der Waals surface area contributed by atoms with Crippen molar-refractivity contribution in [2.75, 3.05) is 5.73 Å². The van der Waals surface area contributed by atoms with Crippen LogP contribution in [-0.2, 0) is 0 Å². The molecule has 2 aromatic rings. The van der Waals surface area contributed by atoms with Crippen molar-refractivity contribution in [3.8, 4) is 11.4 Å². The lowest BCUT2D eigenvalue weighted by molar-refractivity contribution is 0.132. The van der Waals surface area contributed by atoms with Crippen molar-refractivity contribution < 1.29 is 0 Å². The lowest BCUT2D eigenvalue weighted by atomic mass is 9.73. The fourth-order valence-electron chi connectivity index (χ4n) is 3.23. The number of nitrogen functional groups attached to an aromatic ring is 1. The molecule has 0 spiro atoms. The number of hydrogen-bond donors (Lipinski definition) is 1. The molecule has 0 amide bonds. The highest BCUT2D eigenvalue weighted by Gasteiger charge is 2.36. The molecule has 1 unspecified atom stereocenters. The van der Waals surface area contributed by atoms with Gasteiger partial charge in [0.15, 0.2) is 5.82 Å². The smallest absolute Gasteiger partial charge is 0.184 e. The van der Waals surface area contributed by atoms with Gasteiger partial charge in [-0.05, 0) is 46.9 Å². The third-order valence-electron chi connectivity index (χ3n) is 4.50. The summed E-state index contributed by atoms with van der Waals surface area (Å²) in [5.41, 5.74) is 7.70. The number of nitrogens with two attached hydrogens (primary N) is 1. The van der Waals surface area contributed by atoms with Gasteiger partial charge in [-0.2, -0.15) is 0 Å². The summed E-state index contributed by atoms with van der Waals surface area (Å²) in [6.45, 7) is 4.56. The summed E-state index contributed by atoms with van der Waals surface area (Å²) < 4.78 is 1.93. The fraction of sp³-hybridized carbons (Fsp3) is 0.533. The molecule has 0 saturated heterocycles. The standard InChI is InChI=1S/C15H20ClN5/c1-15(2)8-4-3-5-13(15)21-14(18-19-20-21)11-9-10(16)6-7-12(11)17/h6-7,9,13H,3-5,8,17H2,1-2H3. The Morgan fingerprint density at radius 3 is 2.90 bits per heavy atom. The zero-order chi connectivity index (χ0) is 15.0. The summed E-state index contributed by atoms with van der Waals surface area (Å²) in [6, 6.07) is 5.69. The molecule has 1 saturated carbocycles. The van der Waals surface area contributed by atoms with Crippen molar-refractivity contribution in [3.05, 3.63) is 23.2 Å². The molecule has 112 valence electrons. The molecule has 1 atom stereocenters. The first-order valence-electron chi connectivity index (χ1n) is 7.32. The Balaban J connectivity index is 2.07. The quantitative estimate of drug-likeness (QED) is 0.859. The van der Waals surface area contributed by atoms with Crippen LogP contribution in [0.5, 0.6) is 0 Å². The van der Waals surface area contributed by atoms with Crippen LogP contribution in [0.15, 0.2) is 18.2 Å². The van der Waals surface area contributed by atoms with Crippen LogP contribution in [0.2, 0.25) is 5.02 Å². The first-order valence-corrected chi connectivity index (χ1v) is 7.70. The number of nitrogens with zero attached hydrogens (tertiary/aromatic N) is 4. The predicted octanol–water partition coefficient (Wildman–Crippen LogP) is 3.72. The zero-order valence-electron chi connectivity index (χ0n) is 12.4. The van der Waals surface area contributed by atoms with Gasteiger partial charge in [0.25, 0.3) is 0 Å². The summed E-state index contributed by atoms with van der Waals surface area (Å²) in [5, 5.41) is 12.9. The highest BCUT2D eigenvalue weighted by Crippen LogP contribution is 2.44. The van der Waals surface area contributed by atoms with Gasteiger partial charge in [-0.25, -0.2) is 4.68 Å². The summed E-state index contributed by atoms with van der Waals surface area (Å²) in [7, 11) is 0. The number of aromatic nitrogens is 4. The average Bonchev–Trinajstić information content (AvgIpc) is 2.90. The van der Waals surface area contributed by atoms with E-state index in [-0.39, 0.29) is 11.5 Å². The third kappa shape index (κ3) is 2.62. The van der Waals surface area contributed by atoms with E-state index in [0.29, 0.717) is 16.5 Å². The summed E-state index contributed by atoms with van der Waals surface area (Å²) in [4.78, 5) is 0. The third-order valence-corrected chi connectivity index (χ3v) is 4.73. The molecule has 3 rings (SSSR count). The first kappa shape index (κ1) is 14.3. The van der Waals surface area contributed by atoms with Gasteiger partial charge in [0.1, 0.15) is 0 Å². The van der Waals surface area contributed by atoms with Gasteiger partial charge < -0.3 is 5.73 Å². The van der Waals surface area contributed by atoms with E-state index in [0.717, 1.165) is 12.0 Å². The zero-order valence-corrected chi connectivity index (χ0v) is 13.1. The van der Waals surface area contributed by atoms with E-state index in [4.69, 9.17) is 17.3 Å². The molecule has 2 N–H and O–H groups in total. The van der Waals surface area contributed by atoms with Crippen LogP contribution in [0.25, 0.3) is 11.4 Å². The molecule has 0 aliphatic heterocycles. The maximum absolute atomic E-state index is 6.09. The van der Waals surface area contributed by atoms with Crippen molar-refractivity contribution in [1.82, 2.24) is 20.2 Å². The second-order valence-electron chi connectivity index (χ2n) is 6.43. The normalized spacial score (nSPS) is 21.4. The monoisotopic (exact) mass is 305 g/mol. The molecule has 0 radical (unpaired) electrons.